The summed E-state index contributed by atoms with van der Waals surface area (Å²) < 4.78 is 4.66. The Bertz CT molecular complexity index is 196. The van der Waals surface area contributed by atoms with Gasteiger partial charge in [-0.05, 0) is 6.07 Å². The van der Waals surface area contributed by atoms with E-state index in [-0.39, 0.29) is 5.97 Å². The maximum Gasteiger partial charge on any atom is 0.309 e. The fourth-order valence-corrected chi connectivity index (χ4v) is 0.532. The number of aromatic nitrogens is 1. The number of aromatic amines is 1. The second kappa shape index (κ2) is 5.45. The van der Waals surface area contributed by atoms with Crippen molar-refractivity contribution in [2.75, 3.05) is 0 Å². The molecule has 1 heterocycles. The molecule has 0 radical (unpaired) electrons. The van der Waals surface area contributed by atoms with Crippen molar-refractivity contribution < 1.29 is 14.7 Å². The zero-order chi connectivity index (χ0) is 8.69. The molecule has 0 aliphatic rings. The lowest BCUT2D eigenvalue weighted by molar-refractivity contribution is -0.132. The first-order valence-electron chi connectivity index (χ1n) is 2.86. The summed E-state index contributed by atoms with van der Waals surface area (Å²) in [6.45, 7) is 1.36. The molecule has 0 amide bonds. The van der Waals surface area contributed by atoms with Gasteiger partial charge in [0, 0.05) is 19.2 Å². The third-order valence-corrected chi connectivity index (χ3v) is 0.823. The Morgan fingerprint density at radius 3 is 2.73 bits per heavy atom. The van der Waals surface area contributed by atoms with Crippen LogP contribution in [0.25, 0.3) is 0 Å². The van der Waals surface area contributed by atoms with Gasteiger partial charge in [-0.25, -0.2) is 5.90 Å². The number of esters is 1. The van der Waals surface area contributed by atoms with Gasteiger partial charge in [-0.2, -0.15) is 0 Å². The highest BCUT2D eigenvalue weighted by atomic mass is 16.5. The highest BCUT2D eigenvalue weighted by Gasteiger charge is 1.94. The van der Waals surface area contributed by atoms with Crippen LogP contribution in [0.5, 0.6) is 5.88 Å². The van der Waals surface area contributed by atoms with E-state index < -0.39 is 0 Å². The van der Waals surface area contributed by atoms with E-state index >= 15 is 0 Å². The van der Waals surface area contributed by atoms with Gasteiger partial charge < -0.3 is 14.9 Å². The first-order valence-corrected chi connectivity index (χ1v) is 2.86. The number of nitrogens with two attached hydrogens (primary N) is 1. The molecule has 0 aromatic carbocycles. The van der Waals surface area contributed by atoms with E-state index in [0.29, 0.717) is 5.88 Å². The number of nitrogens with one attached hydrogen (secondary N) is 1. The molecule has 5 heteroatoms. The summed E-state index contributed by atoms with van der Waals surface area (Å²) in [5, 5.41) is 6.50. The van der Waals surface area contributed by atoms with Crippen molar-refractivity contribution in [3.8, 4) is 5.88 Å². The van der Waals surface area contributed by atoms with Crippen LogP contribution in [-0.4, -0.2) is 16.2 Å². The molecule has 0 spiro atoms. The number of hydrogen-bond acceptors (Lipinski definition) is 4. The van der Waals surface area contributed by atoms with E-state index in [1.807, 2.05) is 0 Å². The standard InChI is InChI=1S/C6H7NO2.H3NO/c1-5(8)9-6-3-2-4-7-6;1-2/h2-4,7H,1H3;2H,1H2. The van der Waals surface area contributed by atoms with Crippen molar-refractivity contribution >= 4 is 5.97 Å². The van der Waals surface area contributed by atoms with Gasteiger partial charge in [0.15, 0.2) is 0 Å². The Kier molecular flexibility index (Phi) is 4.80. The fraction of sp³-hybridized carbons (Fsp3) is 0.167. The molecule has 4 N–H and O–H groups in total. The minimum atomic E-state index is -0.308. The minimum Gasteiger partial charge on any atom is -0.410 e. The van der Waals surface area contributed by atoms with Crippen molar-refractivity contribution in [1.82, 2.24) is 4.98 Å². The Labute approximate surface area is 63.7 Å². The minimum absolute atomic E-state index is 0.308. The molecule has 1 rings (SSSR count). The van der Waals surface area contributed by atoms with Gasteiger partial charge in [0.1, 0.15) is 0 Å². The molecular weight excluding hydrogens is 148 g/mol. The van der Waals surface area contributed by atoms with Crippen LogP contribution in [0.3, 0.4) is 0 Å². The molecule has 62 valence electrons. The summed E-state index contributed by atoms with van der Waals surface area (Å²) in [6, 6.07) is 3.44. The summed E-state index contributed by atoms with van der Waals surface area (Å²) in [7, 11) is 0. The van der Waals surface area contributed by atoms with Crippen LogP contribution in [-0.2, 0) is 4.79 Å². The molecule has 0 atom stereocenters. The maximum atomic E-state index is 10.3. The fourth-order valence-electron chi connectivity index (χ4n) is 0.532. The third-order valence-electron chi connectivity index (χ3n) is 0.823. The van der Waals surface area contributed by atoms with Gasteiger partial charge in [0.05, 0.1) is 0 Å². The molecule has 0 saturated carbocycles. The zero-order valence-corrected chi connectivity index (χ0v) is 6.07. The number of hydrogen-bond donors (Lipinski definition) is 3. The lowest BCUT2D eigenvalue weighted by Gasteiger charge is -1.92. The van der Waals surface area contributed by atoms with Crippen molar-refractivity contribution in [2.24, 2.45) is 5.90 Å². The number of rotatable bonds is 1. The molecule has 0 saturated heterocycles. The Hall–Kier alpha value is -1.33. The van der Waals surface area contributed by atoms with E-state index in [1.54, 1.807) is 18.3 Å². The van der Waals surface area contributed by atoms with Crippen LogP contribution in [0.15, 0.2) is 18.3 Å². The first-order chi connectivity index (χ1) is 5.29. The van der Waals surface area contributed by atoms with Gasteiger partial charge in [-0.3, -0.25) is 4.79 Å². The molecule has 5 nitrogen and oxygen atoms in total. The summed E-state index contributed by atoms with van der Waals surface area (Å²) in [4.78, 5) is 13.0. The summed E-state index contributed by atoms with van der Waals surface area (Å²) >= 11 is 0. The maximum absolute atomic E-state index is 10.3. The highest BCUT2D eigenvalue weighted by molar-refractivity contribution is 5.68. The average Bonchev–Trinajstić information content (AvgIpc) is 2.43. The van der Waals surface area contributed by atoms with Gasteiger partial charge in [0.25, 0.3) is 0 Å². The summed E-state index contributed by atoms with van der Waals surface area (Å²) in [6.07, 6.45) is 1.69. The quantitative estimate of drug-likeness (QED) is 0.404. The van der Waals surface area contributed by atoms with E-state index in [1.165, 1.54) is 6.92 Å². The molecule has 0 fully saturated rings. The predicted molar refractivity (Wildman–Crippen MR) is 38.1 cm³/mol. The molecule has 0 aliphatic heterocycles. The first kappa shape index (κ1) is 9.67. The highest BCUT2D eigenvalue weighted by Crippen LogP contribution is 2.03. The Morgan fingerprint density at radius 1 is 1.73 bits per heavy atom. The van der Waals surface area contributed by atoms with Crippen molar-refractivity contribution in [2.45, 2.75) is 6.92 Å². The van der Waals surface area contributed by atoms with Crippen LogP contribution in [0.2, 0.25) is 0 Å². The van der Waals surface area contributed by atoms with Crippen molar-refractivity contribution in [3.05, 3.63) is 18.3 Å². The van der Waals surface area contributed by atoms with Gasteiger partial charge in [-0.15, -0.1) is 0 Å². The predicted octanol–water partition coefficient (Wildman–Crippen LogP) is 0.274. The summed E-state index contributed by atoms with van der Waals surface area (Å²) in [5.74, 6) is 3.68. The van der Waals surface area contributed by atoms with E-state index in [9.17, 15) is 4.79 Å². The van der Waals surface area contributed by atoms with E-state index in [4.69, 9.17) is 5.21 Å². The Morgan fingerprint density at radius 2 is 2.36 bits per heavy atom. The van der Waals surface area contributed by atoms with Crippen molar-refractivity contribution in [1.29, 1.82) is 0 Å². The second-order valence-electron chi connectivity index (χ2n) is 1.63. The normalized spacial score (nSPS) is 7.91. The topological polar surface area (TPSA) is 88.3 Å². The number of H-pyrrole nitrogens is 1. The summed E-state index contributed by atoms with van der Waals surface area (Å²) in [5.41, 5.74) is 0. The second-order valence-corrected chi connectivity index (χ2v) is 1.63. The van der Waals surface area contributed by atoms with Gasteiger partial charge in [-0.1, -0.05) is 0 Å². The van der Waals surface area contributed by atoms with Crippen LogP contribution in [0.4, 0.5) is 0 Å². The van der Waals surface area contributed by atoms with Crippen molar-refractivity contribution in [3.63, 3.8) is 0 Å². The molecule has 0 bridgehead atoms. The Balaban J connectivity index is 0.000000461. The molecular formula is C6H10N2O3. The molecule has 0 unspecified atom stereocenters. The molecule has 1 aromatic rings. The van der Waals surface area contributed by atoms with Crippen LogP contribution in [0, 0.1) is 0 Å². The monoisotopic (exact) mass is 158 g/mol. The van der Waals surface area contributed by atoms with Crippen LogP contribution < -0.4 is 10.6 Å². The van der Waals surface area contributed by atoms with E-state index in [2.05, 4.69) is 15.6 Å². The number of carbonyl (C=O) groups excluding carboxylic acids is 1. The van der Waals surface area contributed by atoms with Gasteiger partial charge >= 0.3 is 5.97 Å². The molecule has 11 heavy (non-hydrogen) atoms. The molecule has 0 aliphatic carbocycles. The lowest BCUT2D eigenvalue weighted by atomic mass is 10.6. The van der Waals surface area contributed by atoms with Crippen LogP contribution in [0.1, 0.15) is 6.92 Å². The lowest BCUT2D eigenvalue weighted by Crippen LogP contribution is -2.00. The smallest absolute Gasteiger partial charge is 0.309 e. The molecule has 1 aromatic heterocycles. The average molecular weight is 158 g/mol. The third kappa shape index (κ3) is 4.12. The van der Waals surface area contributed by atoms with Crippen LogP contribution >= 0.6 is 0 Å². The number of carbonyl (C=O) groups is 1. The zero-order valence-electron chi connectivity index (χ0n) is 6.07. The number of ether oxygens (including phenoxy) is 1. The SMILES string of the molecule is CC(=O)Oc1ccc[nH]1.NO. The van der Waals surface area contributed by atoms with Gasteiger partial charge in [0.2, 0.25) is 5.88 Å². The largest absolute Gasteiger partial charge is 0.410 e. The van der Waals surface area contributed by atoms with E-state index in [0.717, 1.165) is 0 Å².